The van der Waals surface area contributed by atoms with Crippen LogP contribution in [-0.2, 0) is 4.79 Å². The van der Waals surface area contributed by atoms with Crippen LogP contribution in [0.2, 0.25) is 0 Å². The van der Waals surface area contributed by atoms with E-state index >= 15 is 0 Å². The van der Waals surface area contributed by atoms with Crippen molar-refractivity contribution in [1.82, 2.24) is 10.6 Å². The van der Waals surface area contributed by atoms with E-state index in [0.29, 0.717) is 12.5 Å². The smallest absolute Gasteiger partial charge is 0.224 e. The molecular formula is C10H20N2O3. The standard InChI is InChI=1S/C10H20N2O3/c1-7-3-11-4-8(7)9(14)12-5-10(2,15)6-13/h7-8,11,13,15H,3-6H2,1-2H3,(H,12,14). The van der Waals surface area contributed by atoms with E-state index in [9.17, 15) is 9.90 Å². The second kappa shape index (κ2) is 4.92. The zero-order chi connectivity index (χ0) is 11.5. The number of carbonyl (C=O) groups excluding carboxylic acids is 1. The van der Waals surface area contributed by atoms with E-state index < -0.39 is 5.60 Å². The summed E-state index contributed by atoms with van der Waals surface area (Å²) >= 11 is 0. The largest absolute Gasteiger partial charge is 0.393 e. The zero-order valence-corrected chi connectivity index (χ0v) is 9.29. The average molecular weight is 216 g/mol. The van der Waals surface area contributed by atoms with Gasteiger partial charge in [0.05, 0.1) is 12.5 Å². The first-order valence-electron chi connectivity index (χ1n) is 5.28. The highest BCUT2D eigenvalue weighted by molar-refractivity contribution is 5.79. The van der Waals surface area contributed by atoms with Crippen LogP contribution in [0.4, 0.5) is 0 Å². The summed E-state index contributed by atoms with van der Waals surface area (Å²) in [5, 5.41) is 24.1. The van der Waals surface area contributed by atoms with Gasteiger partial charge >= 0.3 is 0 Å². The molecule has 3 unspecified atom stereocenters. The summed E-state index contributed by atoms with van der Waals surface area (Å²) in [5.74, 6) is 0.241. The number of aliphatic hydroxyl groups is 2. The van der Waals surface area contributed by atoms with E-state index in [2.05, 4.69) is 10.6 Å². The Balaban J connectivity index is 2.36. The summed E-state index contributed by atoms with van der Waals surface area (Å²) < 4.78 is 0. The van der Waals surface area contributed by atoms with Gasteiger partial charge in [0.1, 0.15) is 5.60 Å². The summed E-state index contributed by atoms with van der Waals surface area (Å²) in [5.41, 5.74) is -1.23. The van der Waals surface area contributed by atoms with Gasteiger partial charge in [-0.3, -0.25) is 4.79 Å². The fourth-order valence-electron chi connectivity index (χ4n) is 1.63. The zero-order valence-electron chi connectivity index (χ0n) is 9.29. The van der Waals surface area contributed by atoms with Gasteiger partial charge in [-0.1, -0.05) is 6.92 Å². The van der Waals surface area contributed by atoms with Crippen LogP contribution in [-0.4, -0.2) is 48.0 Å². The van der Waals surface area contributed by atoms with Gasteiger partial charge in [-0.15, -0.1) is 0 Å². The van der Waals surface area contributed by atoms with Gasteiger partial charge < -0.3 is 20.8 Å². The van der Waals surface area contributed by atoms with Crippen molar-refractivity contribution in [3.05, 3.63) is 0 Å². The first-order chi connectivity index (χ1) is 6.96. The van der Waals surface area contributed by atoms with Gasteiger partial charge in [0, 0.05) is 13.1 Å². The summed E-state index contributed by atoms with van der Waals surface area (Å²) in [6.45, 7) is 4.79. The number of amides is 1. The third kappa shape index (κ3) is 3.44. The van der Waals surface area contributed by atoms with Crippen molar-refractivity contribution in [2.75, 3.05) is 26.2 Å². The Hall–Kier alpha value is -0.650. The molecule has 0 aromatic rings. The molecule has 4 N–H and O–H groups in total. The highest BCUT2D eigenvalue weighted by Crippen LogP contribution is 2.15. The molecule has 1 rings (SSSR count). The molecule has 1 aliphatic rings. The molecule has 1 amide bonds. The van der Waals surface area contributed by atoms with Crippen molar-refractivity contribution in [2.24, 2.45) is 11.8 Å². The Kier molecular flexibility index (Phi) is 4.07. The maximum absolute atomic E-state index is 11.7. The lowest BCUT2D eigenvalue weighted by Crippen LogP contribution is -2.46. The van der Waals surface area contributed by atoms with E-state index in [0.717, 1.165) is 6.54 Å². The van der Waals surface area contributed by atoms with E-state index in [-0.39, 0.29) is 25.0 Å². The molecule has 1 saturated heterocycles. The molecule has 1 fully saturated rings. The topological polar surface area (TPSA) is 81.6 Å². The van der Waals surface area contributed by atoms with E-state index in [1.165, 1.54) is 6.92 Å². The number of carbonyl (C=O) groups is 1. The molecule has 5 nitrogen and oxygen atoms in total. The van der Waals surface area contributed by atoms with E-state index in [1.807, 2.05) is 6.92 Å². The molecule has 0 radical (unpaired) electrons. The molecule has 1 aliphatic heterocycles. The maximum Gasteiger partial charge on any atom is 0.224 e. The Labute approximate surface area is 89.9 Å². The molecule has 0 aromatic carbocycles. The van der Waals surface area contributed by atoms with Gasteiger partial charge in [-0.25, -0.2) is 0 Å². The van der Waals surface area contributed by atoms with Gasteiger partial charge in [0.25, 0.3) is 0 Å². The van der Waals surface area contributed by atoms with Gasteiger partial charge in [-0.2, -0.15) is 0 Å². The highest BCUT2D eigenvalue weighted by Gasteiger charge is 2.30. The molecule has 5 heteroatoms. The van der Waals surface area contributed by atoms with Crippen molar-refractivity contribution in [2.45, 2.75) is 19.4 Å². The quantitative estimate of drug-likeness (QED) is 0.471. The predicted molar refractivity (Wildman–Crippen MR) is 56.2 cm³/mol. The summed E-state index contributed by atoms with van der Waals surface area (Å²) in [4.78, 5) is 11.7. The molecule has 0 bridgehead atoms. The molecular weight excluding hydrogens is 196 g/mol. The number of rotatable bonds is 4. The SMILES string of the molecule is CC1CNCC1C(=O)NCC(C)(O)CO. The first-order valence-corrected chi connectivity index (χ1v) is 5.28. The van der Waals surface area contributed by atoms with Crippen LogP contribution >= 0.6 is 0 Å². The van der Waals surface area contributed by atoms with Crippen LogP contribution < -0.4 is 10.6 Å². The van der Waals surface area contributed by atoms with Crippen molar-refractivity contribution in [1.29, 1.82) is 0 Å². The molecule has 0 spiro atoms. The summed E-state index contributed by atoms with van der Waals surface area (Å²) in [7, 11) is 0. The fraction of sp³-hybridized carbons (Fsp3) is 0.900. The predicted octanol–water partition coefficient (Wildman–Crippen LogP) is -1.30. The minimum absolute atomic E-state index is 0.0282. The second-order valence-corrected chi connectivity index (χ2v) is 4.61. The van der Waals surface area contributed by atoms with Gasteiger partial charge in [-0.05, 0) is 19.4 Å². The van der Waals surface area contributed by atoms with Gasteiger partial charge in [0.15, 0.2) is 0 Å². The average Bonchev–Trinajstić information content (AvgIpc) is 2.61. The second-order valence-electron chi connectivity index (χ2n) is 4.61. The lowest BCUT2D eigenvalue weighted by molar-refractivity contribution is -0.126. The van der Waals surface area contributed by atoms with Crippen LogP contribution in [0.3, 0.4) is 0 Å². The summed E-state index contributed by atoms with van der Waals surface area (Å²) in [6.07, 6.45) is 0. The third-order valence-corrected chi connectivity index (χ3v) is 2.84. The molecule has 0 aliphatic carbocycles. The number of hydrogen-bond donors (Lipinski definition) is 4. The molecule has 0 saturated carbocycles. The van der Waals surface area contributed by atoms with Crippen LogP contribution in [0.1, 0.15) is 13.8 Å². The van der Waals surface area contributed by atoms with E-state index in [1.54, 1.807) is 0 Å². The Morgan fingerprint density at radius 2 is 2.27 bits per heavy atom. The highest BCUT2D eigenvalue weighted by atomic mass is 16.3. The normalized spacial score (nSPS) is 29.9. The molecule has 0 aromatic heterocycles. The number of nitrogens with one attached hydrogen (secondary N) is 2. The lowest BCUT2D eigenvalue weighted by Gasteiger charge is -2.22. The first kappa shape index (κ1) is 12.4. The van der Waals surface area contributed by atoms with Gasteiger partial charge in [0.2, 0.25) is 5.91 Å². The van der Waals surface area contributed by atoms with Crippen LogP contribution in [0.25, 0.3) is 0 Å². The Bertz CT molecular complexity index is 231. The monoisotopic (exact) mass is 216 g/mol. The Morgan fingerprint density at radius 3 is 2.73 bits per heavy atom. The van der Waals surface area contributed by atoms with Crippen molar-refractivity contribution < 1.29 is 15.0 Å². The third-order valence-electron chi connectivity index (χ3n) is 2.84. The number of aliphatic hydroxyl groups excluding tert-OH is 1. The van der Waals surface area contributed by atoms with Crippen LogP contribution in [0.15, 0.2) is 0 Å². The molecule has 15 heavy (non-hydrogen) atoms. The molecule has 1 heterocycles. The Morgan fingerprint density at radius 1 is 1.60 bits per heavy atom. The van der Waals surface area contributed by atoms with E-state index in [4.69, 9.17) is 5.11 Å². The van der Waals surface area contributed by atoms with Crippen molar-refractivity contribution in [3.8, 4) is 0 Å². The minimum atomic E-state index is -1.23. The van der Waals surface area contributed by atoms with Crippen molar-refractivity contribution in [3.63, 3.8) is 0 Å². The van der Waals surface area contributed by atoms with Crippen molar-refractivity contribution >= 4 is 5.91 Å². The molecule has 3 atom stereocenters. The van der Waals surface area contributed by atoms with Crippen LogP contribution in [0.5, 0.6) is 0 Å². The number of hydrogen-bond acceptors (Lipinski definition) is 4. The van der Waals surface area contributed by atoms with Crippen LogP contribution in [0, 0.1) is 11.8 Å². The maximum atomic E-state index is 11.7. The summed E-state index contributed by atoms with van der Waals surface area (Å²) in [6, 6.07) is 0. The minimum Gasteiger partial charge on any atom is -0.393 e. The fourth-order valence-corrected chi connectivity index (χ4v) is 1.63. The lowest BCUT2D eigenvalue weighted by atomic mass is 9.97. The molecule has 88 valence electrons.